The van der Waals surface area contributed by atoms with Gasteiger partial charge < -0.3 is 4.74 Å². The zero-order valence-electron chi connectivity index (χ0n) is 17.1. The summed E-state index contributed by atoms with van der Waals surface area (Å²) < 4.78 is 5.31. The number of esters is 1. The van der Waals surface area contributed by atoms with Gasteiger partial charge in [-0.1, -0.05) is 74.5 Å². The minimum atomic E-state index is -0.595. The van der Waals surface area contributed by atoms with Crippen molar-refractivity contribution in [3.63, 3.8) is 0 Å². The number of benzene rings is 3. The first-order valence-corrected chi connectivity index (χ1v) is 9.94. The molecule has 30 heavy (non-hydrogen) atoms. The summed E-state index contributed by atoms with van der Waals surface area (Å²) in [6.45, 7) is 3.92. The normalized spacial score (nSPS) is 11.4. The van der Waals surface area contributed by atoms with E-state index in [-0.39, 0.29) is 12.4 Å². The molecule has 0 radical (unpaired) electrons. The Morgan fingerprint density at radius 1 is 0.933 bits per heavy atom. The van der Waals surface area contributed by atoms with Gasteiger partial charge in [-0.3, -0.25) is 4.79 Å². The Morgan fingerprint density at radius 2 is 1.57 bits per heavy atom. The zero-order valence-corrected chi connectivity index (χ0v) is 17.1. The maximum absolute atomic E-state index is 12.7. The van der Waals surface area contributed by atoms with Crippen molar-refractivity contribution in [2.24, 2.45) is 0 Å². The molecular formula is C26H23NO3. The molecule has 0 heterocycles. The van der Waals surface area contributed by atoms with Gasteiger partial charge in [-0.25, -0.2) is 4.79 Å². The second kappa shape index (κ2) is 9.67. The van der Waals surface area contributed by atoms with Crippen LogP contribution >= 0.6 is 0 Å². The molecule has 0 spiro atoms. The van der Waals surface area contributed by atoms with Crippen molar-refractivity contribution in [2.45, 2.75) is 26.2 Å². The van der Waals surface area contributed by atoms with E-state index in [9.17, 15) is 14.9 Å². The molecule has 0 saturated carbocycles. The second-order valence-corrected chi connectivity index (χ2v) is 7.13. The fraction of sp³-hybridized carbons (Fsp3) is 0.192. The van der Waals surface area contributed by atoms with Crippen LogP contribution in [0.4, 0.5) is 0 Å². The number of ether oxygens (including phenoxy) is 1. The quantitative estimate of drug-likeness (QED) is 0.374. The maximum Gasteiger partial charge on any atom is 0.339 e. The third-order valence-corrected chi connectivity index (χ3v) is 5.23. The van der Waals surface area contributed by atoms with Crippen LogP contribution in [0.2, 0.25) is 0 Å². The van der Waals surface area contributed by atoms with Crippen molar-refractivity contribution in [1.29, 1.82) is 5.26 Å². The van der Waals surface area contributed by atoms with Crippen molar-refractivity contribution in [1.82, 2.24) is 0 Å². The molecule has 4 heteroatoms. The van der Waals surface area contributed by atoms with Gasteiger partial charge in [0.1, 0.15) is 0 Å². The minimum absolute atomic E-state index is 0.256. The summed E-state index contributed by atoms with van der Waals surface area (Å²) in [5.41, 5.74) is 3.73. The number of carbonyl (C=O) groups excluding carboxylic acids is 2. The highest BCUT2D eigenvalue weighted by molar-refractivity contribution is 6.01. The topological polar surface area (TPSA) is 67.2 Å². The molecule has 0 amide bonds. The number of ketones is 1. The summed E-state index contributed by atoms with van der Waals surface area (Å²) in [6, 6.07) is 23.6. The van der Waals surface area contributed by atoms with Crippen LogP contribution in [0.1, 0.15) is 58.0 Å². The van der Waals surface area contributed by atoms with E-state index in [4.69, 9.17) is 4.74 Å². The van der Waals surface area contributed by atoms with E-state index in [0.717, 1.165) is 6.42 Å². The zero-order chi connectivity index (χ0) is 21.5. The van der Waals surface area contributed by atoms with Crippen molar-refractivity contribution in [3.8, 4) is 17.2 Å². The van der Waals surface area contributed by atoms with E-state index in [2.05, 4.69) is 19.9 Å². The fourth-order valence-corrected chi connectivity index (χ4v) is 3.24. The van der Waals surface area contributed by atoms with Crippen LogP contribution in [0.5, 0.6) is 0 Å². The Morgan fingerprint density at radius 3 is 2.23 bits per heavy atom. The fourth-order valence-electron chi connectivity index (χ4n) is 3.24. The second-order valence-electron chi connectivity index (χ2n) is 7.13. The molecule has 0 aromatic heterocycles. The lowest BCUT2D eigenvalue weighted by atomic mass is 9.96. The lowest BCUT2D eigenvalue weighted by Crippen LogP contribution is -2.15. The van der Waals surface area contributed by atoms with Crippen molar-refractivity contribution in [3.05, 3.63) is 95.1 Å². The Balaban J connectivity index is 1.75. The van der Waals surface area contributed by atoms with E-state index in [0.29, 0.717) is 33.7 Å². The predicted octanol–water partition coefficient (Wildman–Crippen LogP) is 5.78. The van der Waals surface area contributed by atoms with E-state index < -0.39 is 5.97 Å². The lowest BCUT2D eigenvalue weighted by Gasteiger charge is -2.11. The SMILES string of the molecule is CC[C@@H](C)c1ccc(C(=O)COC(=O)c2ccccc2-c2ccccc2C#N)cc1. The number of rotatable bonds is 7. The van der Waals surface area contributed by atoms with Crippen LogP contribution in [0.3, 0.4) is 0 Å². The molecule has 0 aliphatic rings. The maximum atomic E-state index is 12.7. The highest BCUT2D eigenvalue weighted by Crippen LogP contribution is 2.27. The smallest absolute Gasteiger partial charge is 0.339 e. The molecule has 3 aromatic rings. The molecule has 0 N–H and O–H groups in total. The summed E-state index contributed by atoms with van der Waals surface area (Å²) in [5.74, 6) is -0.420. The van der Waals surface area contributed by atoms with Gasteiger partial charge >= 0.3 is 5.97 Å². The average Bonchev–Trinajstić information content (AvgIpc) is 2.81. The molecule has 0 aliphatic carbocycles. The van der Waals surface area contributed by atoms with Gasteiger partial charge in [-0.05, 0) is 35.6 Å². The number of hydrogen-bond acceptors (Lipinski definition) is 4. The molecule has 1 atom stereocenters. The molecule has 0 bridgehead atoms. The Labute approximate surface area is 176 Å². The highest BCUT2D eigenvalue weighted by Gasteiger charge is 2.17. The van der Waals surface area contributed by atoms with Crippen LogP contribution in [0, 0.1) is 11.3 Å². The van der Waals surface area contributed by atoms with Gasteiger partial charge in [0.2, 0.25) is 0 Å². The summed E-state index contributed by atoms with van der Waals surface area (Å²) in [7, 11) is 0. The first kappa shape index (κ1) is 21.0. The monoisotopic (exact) mass is 397 g/mol. The molecular weight excluding hydrogens is 374 g/mol. The highest BCUT2D eigenvalue weighted by atomic mass is 16.5. The van der Waals surface area contributed by atoms with E-state index in [1.807, 2.05) is 18.2 Å². The third kappa shape index (κ3) is 4.64. The Hall–Kier alpha value is -3.71. The Bertz CT molecular complexity index is 1090. The van der Waals surface area contributed by atoms with Gasteiger partial charge in [0.25, 0.3) is 0 Å². The number of carbonyl (C=O) groups is 2. The lowest BCUT2D eigenvalue weighted by molar-refractivity contribution is 0.0475. The van der Waals surface area contributed by atoms with Crippen LogP contribution in [0.15, 0.2) is 72.8 Å². The van der Waals surface area contributed by atoms with Crippen LogP contribution in [-0.2, 0) is 4.74 Å². The van der Waals surface area contributed by atoms with Crippen LogP contribution in [0.25, 0.3) is 11.1 Å². The summed E-state index contributed by atoms with van der Waals surface area (Å²) >= 11 is 0. The molecule has 0 saturated heterocycles. The van der Waals surface area contributed by atoms with Crippen molar-refractivity contribution >= 4 is 11.8 Å². The molecule has 0 fully saturated rings. The van der Waals surface area contributed by atoms with Gasteiger partial charge in [-0.2, -0.15) is 5.26 Å². The average molecular weight is 397 g/mol. The van der Waals surface area contributed by atoms with Gasteiger partial charge in [0.05, 0.1) is 17.2 Å². The van der Waals surface area contributed by atoms with Gasteiger partial charge in [-0.15, -0.1) is 0 Å². The van der Waals surface area contributed by atoms with E-state index in [1.165, 1.54) is 5.56 Å². The number of hydrogen-bond donors (Lipinski definition) is 0. The summed E-state index contributed by atoms with van der Waals surface area (Å²) in [4.78, 5) is 25.2. The predicted molar refractivity (Wildman–Crippen MR) is 116 cm³/mol. The van der Waals surface area contributed by atoms with Crippen LogP contribution < -0.4 is 0 Å². The minimum Gasteiger partial charge on any atom is -0.454 e. The molecule has 0 aliphatic heterocycles. The third-order valence-electron chi connectivity index (χ3n) is 5.23. The summed E-state index contributed by atoms with van der Waals surface area (Å²) in [5, 5.41) is 9.37. The van der Waals surface area contributed by atoms with E-state index in [1.54, 1.807) is 54.6 Å². The van der Waals surface area contributed by atoms with Gasteiger partial charge in [0.15, 0.2) is 12.4 Å². The Kier molecular flexibility index (Phi) is 6.77. The van der Waals surface area contributed by atoms with Crippen LogP contribution in [-0.4, -0.2) is 18.4 Å². The molecule has 3 aromatic carbocycles. The van der Waals surface area contributed by atoms with Crippen molar-refractivity contribution < 1.29 is 14.3 Å². The standard InChI is InChI=1S/C26H23NO3/c1-3-18(2)19-12-14-20(15-13-19)25(28)17-30-26(29)24-11-7-6-10-23(24)22-9-5-4-8-21(22)16-27/h4-15,18H,3,17H2,1-2H3/t18-/m1/s1. The number of Topliss-reactive ketones (excluding diaryl/α,β-unsaturated/α-hetero) is 1. The molecule has 0 unspecified atom stereocenters. The first-order valence-electron chi connectivity index (χ1n) is 9.94. The van der Waals surface area contributed by atoms with E-state index >= 15 is 0 Å². The van der Waals surface area contributed by atoms with Crippen molar-refractivity contribution in [2.75, 3.05) is 6.61 Å². The number of nitrogens with zero attached hydrogens (tertiary/aromatic N) is 1. The molecule has 4 nitrogen and oxygen atoms in total. The van der Waals surface area contributed by atoms with Gasteiger partial charge in [0, 0.05) is 11.1 Å². The number of nitriles is 1. The first-order chi connectivity index (χ1) is 14.5. The molecule has 3 rings (SSSR count). The molecule has 150 valence electrons. The summed E-state index contributed by atoms with van der Waals surface area (Å²) in [6.07, 6.45) is 1.03. The largest absolute Gasteiger partial charge is 0.454 e.